The zero-order valence-corrected chi connectivity index (χ0v) is 32.9. The fourth-order valence-corrected chi connectivity index (χ4v) is 8.71. The number of benzene rings is 10. The van der Waals surface area contributed by atoms with Crippen LogP contribution in [0.5, 0.6) is 0 Å². The molecule has 2 nitrogen and oxygen atoms in total. The van der Waals surface area contributed by atoms with Gasteiger partial charge in [-0.2, -0.15) is 0 Å². The van der Waals surface area contributed by atoms with E-state index in [2.05, 4.69) is 235 Å². The lowest BCUT2D eigenvalue weighted by molar-refractivity contribution is 0.670. The van der Waals surface area contributed by atoms with E-state index in [0.29, 0.717) is 0 Å². The van der Waals surface area contributed by atoms with Crippen LogP contribution < -0.4 is 4.90 Å². The van der Waals surface area contributed by atoms with Crippen LogP contribution in [0, 0.1) is 0 Å². The lowest BCUT2D eigenvalue weighted by Crippen LogP contribution is -2.10. The fourth-order valence-electron chi connectivity index (χ4n) is 8.71. The molecule has 0 fully saturated rings. The van der Waals surface area contributed by atoms with Crippen molar-refractivity contribution in [2.45, 2.75) is 0 Å². The highest BCUT2D eigenvalue weighted by atomic mass is 16.3. The summed E-state index contributed by atoms with van der Waals surface area (Å²) in [7, 11) is 0. The van der Waals surface area contributed by atoms with Gasteiger partial charge in [0.1, 0.15) is 11.2 Å². The number of rotatable bonds is 8. The van der Waals surface area contributed by atoms with E-state index in [1.165, 1.54) is 44.2 Å². The van der Waals surface area contributed by atoms with Crippen molar-refractivity contribution in [3.05, 3.63) is 237 Å². The van der Waals surface area contributed by atoms with Crippen LogP contribution in [0.25, 0.3) is 88.3 Å². The van der Waals surface area contributed by atoms with E-state index in [9.17, 15) is 0 Å². The van der Waals surface area contributed by atoms with Gasteiger partial charge < -0.3 is 9.32 Å². The maximum atomic E-state index is 6.75. The minimum absolute atomic E-state index is 0.867. The molecule has 0 radical (unpaired) electrons. The van der Waals surface area contributed by atoms with Gasteiger partial charge >= 0.3 is 0 Å². The molecule has 0 atom stereocenters. The summed E-state index contributed by atoms with van der Waals surface area (Å²) in [5.41, 5.74) is 16.6. The summed E-state index contributed by atoms with van der Waals surface area (Å²) in [4.78, 5) is 2.38. The van der Waals surface area contributed by atoms with Crippen molar-refractivity contribution >= 4 is 49.8 Å². The van der Waals surface area contributed by atoms with Crippen LogP contribution in [0.3, 0.4) is 0 Å². The van der Waals surface area contributed by atoms with Crippen LogP contribution in [0.1, 0.15) is 0 Å². The molecule has 0 aliphatic rings. The predicted molar refractivity (Wildman–Crippen MR) is 253 cm³/mol. The maximum Gasteiger partial charge on any atom is 0.145 e. The number of nitrogens with zero attached hydrogens (tertiary/aromatic N) is 1. The smallest absolute Gasteiger partial charge is 0.145 e. The molecule has 0 aliphatic carbocycles. The molecule has 0 unspecified atom stereocenters. The number of hydrogen-bond donors (Lipinski definition) is 0. The van der Waals surface area contributed by atoms with E-state index in [-0.39, 0.29) is 0 Å². The molecule has 0 saturated heterocycles. The lowest BCUT2D eigenvalue weighted by Gasteiger charge is -2.27. The number of para-hydroxylation sites is 1. The van der Waals surface area contributed by atoms with E-state index in [1.807, 2.05) is 6.07 Å². The molecule has 11 rings (SSSR count). The molecular weight excluding hydrogens is 727 g/mol. The average Bonchev–Trinajstić information content (AvgIpc) is 3.73. The summed E-state index contributed by atoms with van der Waals surface area (Å²) in [6.07, 6.45) is 0. The Kier molecular flexibility index (Phi) is 8.87. The van der Waals surface area contributed by atoms with Crippen molar-refractivity contribution < 1.29 is 4.42 Å². The first-order chi connectivity index (χ1) is 29.7. The van der Waals surface area contributed by atoms with Gasteiger partial charge in [0, 0.05) is 22.3 Å². The number of hydrogen-bond acceptors (Lipinski definition) is 2. The molecule has 11 aromatic rings. The Hall–Kier alpha value is -7.94. The van der Waals surface area contributed by atoms with E-state index >= 15 is 0 Å². The second-order valence-electron chi connectivity index (χ2n) is 15.3. The Morgan fingerprint density at radius 1 is 0.300 bits per heavy atom. The van der Waals surface area contributed by atoms with Crippen LogP contribution >= 0.6 is 0 Å². The van der Waals surface area contributed by atoms with Crippen molar-refractivity contribution in [2.24, 2.45) is 0 Å². The number of anilines is 3. The standard InChI is InChI=1S/C58H39NO/c1-3-15-42(16-4-1)51-22-9-10-23-52(51)44-30-34-50(35-31-44)59(55-37-36-53(43-17-5-2-6-18-43)58-57(55)54-24-11-12-25-56(54)60-58)49-32-28-41(29-33-49)46-20-13-21-47(38-46)48-27-26-40-14-7-8-19-45(40)39-48/h1-39H. The Labute approximate surface area is 349 Å². The molecule has 60 heavy (non-hydrogen) atoms. The quantitative estimate of drug-likeness (QED) is 0.153. The third-order valence-electron chi connectivity index (χ3n) is 11.7. The molecule has 0 N–H and O–H groups in total. The van der Waals surface area contributed by atoms with Crippen LogP contribution in [0.2, 0.25) is 0 Å². The molecule has 0 amide bonds. The van der Waals surface area contributed by atoms with Gasteiger partial charge in [-0.3, -0.25) is 0 Å². The minimum atomic E-state index is 0.867. The van der Waals surface area contributed by atoms with Gasteiger partial charge in [-0.15, -0.1) is 0 Å². The molecule has 10 aromatic carbocycles. The van der Waals surface area contributed by atoms with Crippen molar-refractivity contribution in [3.63, 3.8) is 0 Å². The highest BCUT2D eigenvalue weighted by Gasteiger charge is 2.22. The molecule has 1 aromatic heterocycles. The fraction of sp³-hybridized carbons (Fsp3) is 0. The molecule has 282 valence electrons. The lowest BCUT2D eigenvalue weighted by atomic mass is 9.94. The van der Waals surface area contributed by atoms with Gasteiger partial charge in [-0.05, 0) is 115 Å². The van der Waals surface area contributed by atoms with E-state index < -0.39 is 0 Å². The monoisotopic (exact) mass is 765 g/mol. The van der Waals surface area contributed by atoms with Gasteiger partial charge in [0.15, 0.2) is 0 Å². The predicted octanol–water partition coefficient (Wildman–Crippen LogP) is 16.5. The largest absolute Gasteiger partial charge is 0.455 e. The van der Waals surface area contributed by atoms with Crippen molar-refractivity contribution in [1.29, 1.82) is 0 Å². The van der Waals surface area contributed by atoms with E-state index in [1.54, 1.807) is 0 Å². The van der Waals surface area contributed by atoms with Crippen LogP contribution in [0.4, 0.5) is 17.1 Å². The summed E-state index contributed by atoms with van der Waals surface area (Å²) in [6, 6.07) is 84.7. The third-order valence-corrected chi connectivity index (χ3v) is 11.7. The summed E-state index contributed by atoms with van der Waals surface area (Å²) in [6.45, 7) is 0. The average molecular weight is 766 g/mol. The Morgan fingerprint density at radius 2 is 0.800 bits per heavy atom. The van der Waals surface area contributed by atoms with E-state index in [4.69, 9.17) is 4.42 Å². The number of furan rings is 1. The van der Waals surface area contributed by atoms with Gasteiger partial charge in [-0.25, -0.2) is 0 Å². The summed E-state index contributed by atoms with van der Waals surface area (Å²) in [5, 5.41) is 4.66. The first-order valence-corrected chi connectivity index (χ1v) is 20.5. The second-order valence-corrected chi connectivity index (χ2v) is 15.3. The first kappa shape index (κ1) is 35.2. The summed E-state index contributed by atoms with van der Waals surface area (Å²) in [5.74, 6) is 0. The van der Waals surface area contributed by atoms with Crippen LogP contribution in [-0.4, -0.2) is 0 Å². The SMILES string of the molecule is c1ccc(-c2ccccc2-c2ccc(N(c3ccc(-c4cccc(-c5ccc6ccccc6c5)c4)cc3)c3ccc(-c4ccccc4)c4oc5ccccc5c34)cc2)cc1. The van der Waals surface area contributed by atoms with Crippen molar-refractivity contribution in [2.75, 3.05) is 4.90 Å². The summed E-state index contributed by atoms with van der Waals surface area (Å²) >= 11 is 0. The summed E-state index contributed by atoms with van der Waals surface area (Å²) < 4.78 is 6.75. The molecule has 2 heteroatoms. The molecule has 0 saturated carbocycles. The molecule has 0 aliphatic heterocycles. The van der Waals surface area contributed by atoms with Gasteiger partial charge in [0.25, 0.3) is 0 Å². The highest BCUT2D eigenvalue weighted by molar-refractivity contribution is 6.17. The Balaban J connectivity index is 1.04. The molecule has 0 bridgehead atoms. The third kappa shape index (κ3) is 6.41. The van der Waals surface area contributed by atoms with Crippen LogP contribution in [0.15, 0.2) is 241 Å². The van der Waals surface area contributed by atoms with E-state index in [0.717, 1.165) is 61.3 Å². The second kappa shape index (κ2) is 15.1. The molecular formula is C58H39NO. The topological polar surface area (TPSA) is 16.4 Å². The van der Waals surface area contributed by atoms with Gasteiger partial charge in [0.05, 0.1) is 11.1 Å². The Morgan fingerprint density at radius 3 is 1.50 bits per heavy atom. The molecule has 1 heterocycles. The Bertz CT molecular complexity index is 3290. The van der Waals surface area contributed by atoms with Crippen molar-refractivity contribution in [1.82, 2.24) is 0 Å². The molecule has 0 spiro atoms. The zero-order chi connectivity index (χ0) is 39.8. The van der Waals surface area contributed by atoms with Crippen molar-refractivity contribution in [3.8, 4) is 55.6 Å². The zero-order valence-electron chi connectivity index (χ0n) is 32.9. The first-order valence-electron chi connectivity index (χ1n) is 20.5. The minimum Gasteiger partial charge on any atom is -0.455 e. The number of fused-ring (bicyclic) bond motifs is 4. The van der Waals surface area contributed by atoms with Gasteiger partial charge in [0.2, 0.25) is 0 Å². The highest BCUT2D eigenvalue weighted by Crippen LogP contribution is 2.47. The van der Waals surface area contributed by atoms with Gasteiger partial charge in [-0.1, -0.05) is 182 Å². The van der Waals surface area contributed by atoms with Crippen LogP contribution in [-0.2, 0) is 0 Å². The normalized spacial score (nSPS) is 11.3. The maximum absolute atomic E-state index is 6.75.